The van der Waals surface area contributed by atoms with Crippen molar-refractivity contribution in [3.63, 3.8) is 0 Å². The number of rotatable bonds is 6. The second kappa shape index (κ2) is 7.72. The molecule has 0 amide bonds. The molecule has 0 atom stereocenters. The van der Waals surface area contributed by atoms with E-state index in [0.717, 1.165) is 6.07 Å². The maximum atomic E-state index is 14.0. The van der Waals surface area contributed by atoms with Gasteiger partial charge in [-0.25, -0.2) is 25.9 Å². The molecule has 138 valence electrons. The molecule has 0 aliphatic heterocycles. The quantitative estimate of drug-likeness (QED) is 0.171. The summed E-state index contributed by atoms with van der Waals surface area (Å²) in [6, 6.07) is 0.862. The number of sulfonamides is 1. The zero-order valence-electron chi connectivity index (χ0n) is 11.0. The molecule has 0 saturated heterocycles. The molecule has 0 aliphatic rings. The standard InChI is InChI=1S/C9H7F4I2NO6S2/c10-6-5(3-4(14)8(7(6)15)23(17,18)19)22-2-1-16-24(20,21)9(11,12)13/h3,16H,1-2H2,(H,17,18,19)/p-1. The van der Waals surface area contributed by atoms with Crippen molar-refractivity contribution in [1.29, 1.82) is 0 Å². The lowest BCUT2D eigenvalue weighted by Gasteiger charge is -2.16. The highest BCUT2D eigenvalue weighted by Crippen LogP contribution is 2.32. The Kier molecular flexibility index (Phi) is 7.10. The van der Waals surface area contributed by atoms with E-state index < -0.39 is 58.8 Å². The summed E-state index contributed by atoms with van der Waals surface area (Å²) < 4.78 is 110. The summed E-state index contributed by atoms with van der Waals surface area (Å²) in [4.78, 5) is -0.786. The normalized spacial score (nSPS) is 13.1. The lowest BCUT2D eigenvalue weighted by Crippen LogP contribution is -2.38. The zero-order valence-corrected chi connectivity index (χ0v) is 17.0. The predicted molar refractivity (Wildman–Crippen MR) is 88.3 cm³/mol. The monoisotopic (exact) mass is 618 g/mol. The molecule has 1 aromatic rings. The molecule has 0 fully saturated rings. The Morgan fingerprint density at radius 1 is 1.21 bits per heavy atom. The third-order valence-electron chi connectivity index (χ3n) is 2.29. The summed E-state index contributed by atoms with van der Waals surface area (Å²) in [6.45, 7) is -1.47. The Labute approximate surface area is 161 Å². The van der Waals surface area contributed by atoms with Crippen LogP contribution in [-0.4, -0.2) is 40.0 Å². The Morgan fingerprint density at radius 2 is 1.75 bits per heavy atom. The Bertz CT molecular complexity index is 841. The Balaban J connectivity index is 2.89. The van der Waals surface area contributed by atoms with Crippen molar-refractivity contribution in [2.24, 2.45) is 0 Å². The van der Waals surface area contributed by atoms with E-state index in [9.17, 15) is 39.0 Å². The average Bonchev–Trinajstić information content (AvgIpc) is 2.37. The van der Waals surface area contributed by atoms with Crippen molar-refractivity contribution in [3.8, 4) is 5.75 Å². The Hall–Kier alpha value is 0.0200. The molecule has 1 N–H and O–H groups in total. The minimum Gasteiger partial charge on any atom is -0.744 e. The summed E-state index contributed by atoms with van der Waals surface area (Å²) in [5, 5.41) is 0. The van der Waals surface area contributed by atoms with Crippen LogP contribution in [0.4, 0.5) is 17.6 Å². The summed E-state index contributed by atoms with van der Waals surface area (Å²) in [7, 11) is -10.5. The number of alkyl halides is 3. The molecule has 0 heterocycles. The molecule has 24 heavy (non-hydrogen) atoms. The summed E-state index contributed by atoms with van der Waals surface area (Å²) in [5.74, 6) is -1.74. The first kappa shape index (κ1) is 22.1. The van der Waals surface area contributed by atoms with Gasteiger partial charge in [0.1, 0.15) is 16.7 Å². The maximum Gasteiger partial charge on any atom is 0.511 e. The van der Waals surface area contributed by atoms with Gasteiger partial charge < -0.3 is 9.29 Å². The fraction of sp³-hybridized carbons (Fsp3) is 0.333. The van der Waals surface area contributed by atoms with E-state index in [4.69, 9.17) is 4.74 Å². The zero-order chi connectivity index (χ0) is 18.9. The van der Waals surface area contributed by atoms with Crippen molar-refractivity contribution in [2.75, 3.05) is 13.2 Å². The molecule has 1 rings (SSSR count). The summed E-state index contributed by atoms with van der Waals surface area (Å²) >= 11 is 2.71. The number of ether oxygens (including phenoxy) is 1. The molecule has 0 radical (unpaired) electrons. The van der Waals surface area contributed by atoms with E-state index in [-0.39, 0.29) is 3.57 Å². The lowest BCUT2D eigenvalue weighted by atomic mass is 10.3. The first-order valence-corrected chi connectivity index (χ1v) is 10.6. The van der Waals surface area contributed by atoms with Crippen LogP contribution < -0.4 is 9.46 Å². The van der Waals surface area contributed by atoms with E-state index in [1.54, 1.807) is 0 Å². The third-order valence-corrected chi connectivity index (χ3v) is 7.00. The third kappa shape index (κ3) is 5.26. The van der Waals surface area contributed by atoms with Crippen LogP contribution in [0.15, 0.2) is 11.0 Å². The molecule has 1 aromatic carbocycles. The van der Waals surface area contributed by atoms with Gasteiger partial charge >= 0.3 is 15.5 Å². The first-order valence-electron chi connectivity index (χ1n) is 5.50. The van der Waals surface area contributed by atoms with Gasteiger partial charge in [0.25, 0.3) is 0 Å². The number of nitrogens with one attached hydrogen (secondary N) is 1. The predicted octanol–water partition coefficient (Wildman–Crippen LogP) is 1.76. The molecule has 15 heteroatoms. The van der Waals surface area contributed by atoms with Crippen molar-refractivity contribution in [1.82, 2.24) is 4.72 Å². The second-order valence-electron chi connectivity index (χ2n) is 3.96. The molecule has 0 bridgehead atoms. The van der Waals surface area contributed by atoms with Crippen LogP contribution >= 0.6 is 45.2 Å². The molecular weight excluding hydrogens is 612 g/mol. The average molecular weight is 618 g/mol. The van der Waals surface area contributed by atoms with E-state index in [0.29, 0.717) is 0 Å². The molecule has 0 aromatic heterocycles. The number of halogens is 6. The van der Waals surface area contributed by atoms with Crippen molar-refractivity contribution >= 4 is 65.3 Å². The highest BCUT2D eigenvalue weighted by atomic mass is 127. The van der Waals surface area contributed by atoms with Crippen LogP contribution in [0.25, 0.3) is 0 Å². The Morgan fingerprint density at radius 3 is 2.21 bits per heavy atom. The number of benzene rings is 1. The lowest BCUT2D eigenvalue weighted by molar-refractivity contribution is -0.0448. The van der Waals surface area contributed by atoms with Crippen molar-refractivity contribution in [3.05, 3.63) is 19.0 Å². The van der Waals surface area contributed by atoms with Gasteiger partial charge in [-0.2, -0.15) is 13.2 Å². The largest absolute Gasteiger partial charge is 0.744 e. The van der Waals surface area contributed by atoms with Gasteiger partial charge in [0, 0.05) is 10.1 Å². The summed E-state index contributed by atoms with van der Waals surface area (Å²) in [6.07, 6.45) is 0. The smallest absolute Gasteiger partial charge is 0.511 e. The highest BCUT2D eigenvalue weighted by Gasteiger charge is 2.45. The van der Waals surface area contributed by atoms with Gasteiger partial charge in [0.2, 0.25) is 0 Å². The van der Waals surface area contributed by atoms with E-state index in [1.807, 2.05) is 0 Å². The van der Waals surface area contributed by atoms with E-state index >= 15 is 0 Å². The summed E-state index contributed by atoms with van der Waals surface area (Å²) in [5.41, 5.74) is -5.49. The fourth-order valence-electron chi connectivity index (χ4n) is 1.31. The number of hydrogen-bond donors (Lipinski definition) is 1. The SMILES string of the molecule is O=S(=O)([O-])c1c(I)cc(OCCNS(=O)(=O)C(F)(F)F)c(F)c1I. The minimum atomic E-state index is -5.55. The fourth-order valence-corrected chi connectivity index (χ4v) is 5.68. The molecule has 0 saturated carbocycles. The number of hydrogen-bond acceptors (Lipinski definition) is 6. The highest BCUT2D eigenvalue weighted by molar-refractivity contribution is 14.1. The molecular formula is C9H6F4I2NO6S2-. The van der Waals surface area contributed by atoms with Gasteiger partial charge in [-0.1, -0.05) is 0 Å². The van der Waals surface area contributed by atoms with Crippen LogP contribution in [0.1, 0.15) is 0 Å². The van der Waals surface area contributed by atoms with E-state index in [2.05, 4.69) is 0 Å². The molecule has 0 aliphatic carbocycles. The topological polar surface area (TPSA) is 113 Å². The van der Waals surface area contributed by atoms with Crippen LogP contribution in [0.2, 0.25) is 0 Å². The first-order chi connectivity index (χ1) is 10.7. The van der Waals surface area contributed by atoms with Crippen molar-refractivity contribution < 1.29 is 43.7 Å². The molecule has 0 spiro atoms. The van der Waals surface area contributed by atoms with Gasteiger partial charge in [-0.05, 0) is 51.2 Å². The van der Waals surface area contributed by atoms with Crippen LogP contribution in [0.3, 0.4) is 0 Å². The maximum absolute atomic E-state index is 14.0. The molecule has 0 unspecified atom stereocenters. The second-order valence-corrected chi connectivity index (χ2v) is 9.28. The van der Waals surface area contributed by atoms with Crippen LogP contribution in [0, 0.1) is 13.0 Å². The molecule has 7 nitrogen and oxygen atoms in total. The van der Waals surface area contributed by atoms with Gasteiger partial charge in [0.05, 0.1) is 8.47 Å². The van der Waals surface area contributed by atoms with E-state index in [1.165, 1.54) is 49.9 Å². The van der Waals surface area contributed by atoms with Crippen molar-refractivity contribution in [2.45, 2.75) is 10.4 Å². The van der Waals surface area contributed by atoms with Crippen LogP contribution in [-0.2, 0) is 20.1 Å². The minimum absolute atomic E-state index is 0.153. The van der Waals surface area contributed by atoms with Gasteiger partial charge in [-0.3, -0.25) is 0 Å². The van der Waals surface area contributed by atoms with Gasteiger partial charge in [0.15, 0.2) is 11.6 Å². The van der Waals surface area contributed by atoms with Gasteiger partial charge in [-0.15, -0.1) is 0 Å². The van der Waals surface area contributed by atoms with Crippen LogP contribution in [0.5, 0.6) is 5.75 Å².